The fourth-order valence-electron chi connectivity index (χ4n) is 3.33. The number of aromatic nitrogens is 3. The van der Waals surface area contributed by atoms with Crippen molar-refractivity contribution in [1.29, 1.82) is 0 Å². The highest BCUT2D eigenvalue weighted by Gasteiger charge is 2.29. The van der Waals surface area contributed by atoms with Crippen molar-refractivity contribution in [2.45, 2.75) is 25.6 Å². The Labute approximate surface area is 181 Å². The fraction of sp³-hybridized carbons (Fsp3) is 0.273. The fourth-order valence-corrected chi connectivity index (χ4v) is 3.33. The summed E-state index contributed by atoms with van der Waals surface area (Å²) in [7, 11) is 0. The van der Waals surface area contributed by atoms with Crippen LogP contribution in [0.4, 0.5) is 13.2 Å². The molecule has 0 aliphatic carbocycles. The van der Waals surface area contributed by atoms with Gasteiger partial charge in [-0.05, 0) is 24.6 Å². The Morgan fingerprint density at radius 3 is 2.62 bits per heavy atom. The largest absolute Gasteiger partial charge is 0.491 e. The Morgan fingerprint density at radius 1 is 1.16 bits per heavy atom. The van der Waals surface area contributed by atoms with Gasteiger partial charge in [-0.3, -0.25) is 4.79 Å². The van der Waals surface area contributed by atoms with Gasteiger partial charge in [0, 0.05) is 42.2 Å². The number of amides is 1. The maximum Gasteiger partial charge on any atom is 0.422 e. The second-order valence-electron chi connectivity index (χ2n) is 7.28. The molecule has 0 saturated carbocycles. The molecule has 166 valence electrons. The Balaban J connectivity index is 1.44. The van der Waals surface area contributed by atoms with E-state index < -0.39 is 18.7 Å². The van der Waals surface area contributed by atoms with E-state index in [1.807, 2.05) is 25.1 Å². The third kappa shape index (κ3) is 5.13. The van der Waals surface area contributed by atoms with Crippen LogP contribution in [0.25, 0.3) is 11.1 Å². The van der Waals surface area contributed by atoms with E-state index in [1.54, 1.807) is 12.4 Å². The molecular weight excluding hydrogens is 425 g/mol. The number of carbonyl (C=O) groups excluding carboxylic acids is 1. The van der Waals surface area contributed by atoms with Crippen molar-refractivity contribution >= 4 is 5.91 Å². The number of hydrogen-bond acceptors (Lipinski definition) is 6. The van der Waals surface area contributed by atoms with E-state index in [-0.39, 0.29) is 24.1 Å². The zero-order valence-corrected chi connectivity index (χ0v) is 17.0. The first-order chi connectivity index (χ1) is 15.3. The number of halogens is 3. The van der Waals surface area contributed by atoms with Crippen LogP contribution >= 0.6 is 0 Å². The van der Waals surface area contributed by atoms with Crippen LogP contribution in [0.15, 0.2) is 48.9 Å². The Kier molecular flexibility index (Phi) is 5.93. The average molecular weight is 444 g/mol. The smallest absolute Gasteiger partial charge is 0.422 e. The van der Waals surface area contributed by atoms with E-state index in [1.165, 1.54) is 18.3 Å². The normalized spacial score (nSPS) is 15.4. The number of ether oxygens (including phenoxy) is 2. The van der Waals surface area contributed by atoms with Crippen LogP contribution in [0.2, 0.25) is 0 Å². The average Bonchev–Trinajstić information content (AvgIpc) is 2.78. The van der Waals surface area contributed by atoms with E-state index in [9.17, 15) is 18.0 Å². The number of fused-ring (bicyclic) bond motifs is 1. The van der Waals surface area contributed by atoms with Crippen LogP contribution < -0.4 is 14.8 Å². The summed E-state index contributed by atoms with van der Waals surface area (Å²) in [5, 5.41) is 2.88. The van der Waals surface area contributed by atoms with Crippen LogP contribution in [0.3, 0.4) is 0 Å². The lowest BCUT2D eigenvalue weighted by atomic mass is 9.94. The molecule has 1 N–H and O–H groups in total. The van der Waals surface area contributed by atoms with Gasteiger partial charge in [-0.15, -0.1) is 0 Å². The van der Waals surface area contributed by atoms with Crippen LogP contribution in [0.5, 0.6) is 11.6 Å². The third-order valence-corrected chi connectivity index (χ3v) is 4.83. The molecule has 4 rings (SSSR count). The number of pyridine rings is 1. The second-order valence-corrected chi connectivity index (χ2v) is 7.28. The highest BCUT2D eigenvalue weighted by Crippen LogP contribution is 2.34. The van der Waals surface area contributed by atoms with Crippen LogP contribution in [-0.2, 0) is 6.42 Å². The molecule has 2 aromatic heterocycles. The Morgan fingerprint density at radius 2 is 1.94 bits per heavy atom. The third-order valence-electron chi connectivity index (χ3n) is 4.83. The summed E-state index contributed by atoms with van der Waals surface area (Å²) < 4.78 is 47.1. The zero-order valence-electron chi connectivity index (χ0n) is 17.0. The summed E-state index contributed by atoms with van der Waals surface area (Å²) in [6.45, 7) is 0.647. The maximum absolute atomic E-state index is 12.6. The minimum Gasteiger partial charge on any atom is -0.491 e. The quantitative estimate of drug-likeness (QED) is 0.648. The van der Waals surface area contributed by atoms with E-state index in [0.717, 1.165) is 22.4 Å². The molecule has 0 spiro atoms. The second kappa shape index (κ2) is 8.81. The molecule has 3 aromatic rings. The van der Waals surface area contributed by atoms with Gasteiger partial charge in [-0.1, -0.05) is 12.1 Å². The summed E-state index contributed by atoms with van der Waals surface area (Å²) in [5.41, 5.74) is 2.91. The Bertz CT molecular complexity index is 1100. The van der Waals surface area contributed by atoms with E-state index >= 15 is 0 Å². The van der Waals surface area contributed by atoms with Crippen molar-refractivity contribution in [3.05, 3.63) is 65.9 Å². The number of aryl methyl sites for hydroxylation is 1. The summed E-state index contributed by atoms with van der Waals surface area (Å²) >= 11 is 0. The highest BCUT2D eigenvalue weighted by atomic mass is 19.4. The minimum absolute atomic E-state index is 0.204. The van der Waals surface area contributed by atoms with Gasteiger partial charge in [-0.2, -0.15) is 13.2 Å². The number of nitrogens with zero attached hydrogens (tertiary/aromatic N) is 3. The van der Waals surface area contributed by atoms with Gasteiger partial charge in [0.25, 0.3) is 5.91 Å². The molecule has 0 fully saturated rings. The number of benzene rings is 1. The molecule has 1 aromatic carbocycles. The lowest BCUT2D eigenvalue weighted by Gasteiger charge is -2.28. The highest BCUT2D eigenvalue weighted by molar-refractivity contribution is 5.94. The molecule has 0 bridgehead atoms. The molecule has 0 saturated heterocycles. The van der Waals surface area contributed by atoms with Gasteiger partial charge in [0.05, 0.1) is 11.6 Å². The molecule has 3 heterocycles. The molecule has 1 aliphatic rings. The van der Waals surface area contributed by atoms with Gasteiger partial charge in [0.2, 0.25) is 5.88 Å². The number of alkyl halides is 3. The van der Waals surface area contributed by atoms with Gasteiger partial charge in [0.15, 0.2) is 6.61 Å². The number of hydrogen-bond donors (Lipinski definition) is 1. The Hall–Kier alpha value is -3.69. The van der Waals surface area contributed by atoms with Crippen molar-refractivity contribution in [3.8, 4) is 22.8 Å². The van der Waals surface area contributed by atoms with E-state index in [2.05, 4.69) is 25.0 Å². The maximum atomic E-state index is 12.6. The first-order valence-corrected chi connectivity index (χ1v) is 9.79. The van der Waals surface area contributed by atoms with Crippen molar-refractivity contribution in [2.24, 2.45) is 0 Å². The van der Waals surface area contributed by atoms with Crippen molar-refractivity contribution in [3.63, 3.8) is 0 Å². The molecule has 32 heavy (non-hydrogen) atoms. The van der Waals surface area contributed by atoms with E-state index in [0.29, 0.717) is 12.2 Å². The molecule has 1 unspecified atom stereocenters. The summed E-state index contributed by atoms with van der Waals surface area (Å²) in [6, 6.07) is 7.99. The lowest BCUT2D eigenvalue weighted by Crippen LogP contribution is -2.42. The predicted molar refractivity (Wildman–Crippen MR) is 108 cm³/mol. The van der Waals surface area contributed by atoms with Crippen LogP contribution in [-0.4, -0.2) is 46.3 Å². The van der Waals surface area contributed by atoms with Crippen LogP contribution in [0, 0.1) is 6.92 Å². The molecule has 1 amide bonds. The molecular formula is C22H19F3N4O3. The predicted octanol–water partition coefficient (Wildman–Crippen LogP) is 3.52. The number of carbonyl (C=O) groups is 1. The monoisotopic (exact) mass is 444 g/mol. The van der Waals surface area contributed by atoms with Crippen LogP contribution in [0.1, 0.15) is 21.7 Å². The van der Waals surface area contributed by atoms with E-state index in [4.69, 9.17) is 4.74 Å². The first-order valence-electron chi connectivity index (χ1n) is 9.79. The van der Waals surface area contributed by atoms with Gasteiger partial charge in [-0.25, -0.2) is 15.0 Å². The molecule has 1 aliphatic heterocycles. The summed E-state index contributed by atoms with van der Waals surface area (Å²) in [5.74, 6) is 0.789. The molecule has 0 radical (unpaired) electrons. The van der Waals surface area contributed by atoms with Gasteiger partial charge < -0.3 is 14.8 Å². The van der Waals surface area contributed by atoms with Gasteiger partial charge in [0.1, 0.15) is 18.2 Å². The minimum atomic E-state index is -4.46. The standard InChI is InChI=1S/C22H19F3N4O3/c1-13-26-9-15(10-27-13)17-3-2-4-19-18(17)7-16(11-31-19)29-21(30)14-5-6-20(28-8-14)32-12-22(23,24)25/h2-6,8-10,16H,7,11-12H2,1H3,(H,29,30). The number of rotatable bonds is 5. The number of nitrogens with one attached hydrogen (secondary N) is 1. The molecule has 10 heteroatoms. The summed E-state index contributed by atoms with van der Waals surface area (Å²) in [6.07, 6.45) is 0.736. The van der Waals surface area contributed by atoms with Crippen molar-refractivity contribution in [2.75, 3.05) is 13.2 Å². The molecule has 1 atom stereocenters. The summed E-state index contributed by atoms with van der Waals surface area (Å²) in [4.78, 5) is 24.9. The van der Waals surface area contributed by atoms with Crippen molar-refractivity contribution in [1.82, 2.24) is 20.3 Å². The van der Waals surface area contributed by atoms with Gasteiger partial charge >= 0.3 is 6.18 Å². The molecule has 7 nitrogen and oxygen atoms in total. The SMILES string of the molecule is Cc1ncc(-c2cccc3c2CC(NC(=O)c2ccc(OCC(F)(F)F)nc2)CO3)cn1. The topological polar surface area (TPSA) is 86.2 Å². The zero-order chi connectivity index (χ0) is 22.7. The lowest BCUT2D eigenvalue weighted by molar-refractivity contribution is -0.154. The first kappa shape index (κ1) is 21.5. The van der Waals surface area contributed by atoms with Crippen molar-refractivity contribution < 1.29 is 27.4 Å².